The van der Waals surface area contributed by atoms with E-state index in [1.165, 1.54) is 5.56 Å². The van der Waals surface area contributed by atoms with E-state index >= 15 is 0 Å². The van der Waals surface area contributed by atoms with Gasteiger partial charge in [0.1, 0.15) is 17.9 Å². The van der Waals surface area contributed by atoms with Crippen molar-refractivity contribution in [1.82, 2.24) is 9.97 Å². The van der Waals surface area contributed by atoms with Crippen molar-refractivity contribution in [3.63, 3.8) is 0 Å². The molecule has 0 radical (unpaired) electrons. The number of nitrogens with one attached hydrogen (secondary N) is 1. The van der Waals surface area contributed by atoms with Gasteiger partial charge >= 0.3 is 0 Å². The number of ether oxygens (including phenoxy) is 1. The highest BCUT2D eigenvalue weighted by Gasteiger charge is 2.03. The molecule has 4 heteroatoms. The molecule has 0 aliphatic heterocycles. The second-order valence-electron chi connectivity index (χ2n) is 5.01. The van der Waals surface area contributed by atoms with Crippen molar-refractivity contribution in [3.05, 3.63) is 66.5 Å². The average Bonchev–Trinajstić information content (AvgIpc) is 2.56. The van der Waals surface area contributed by atoms with Crippen LogP contribution >= 0.6 is 0 Å². The molecule has 0 aliphatic carbocycles. The van der Waals surface area contributed by atoms with Gasteiger partial charge in [-0.1, -0.05) is 23.8 Å². The number of rotatable bonds is 4. The maximum absolute atomic E-state index is 5.15. The number of methoxy groups -OCH3 is 1. The number of nitrogens with zero attached hydrogens (tertiary/aromatic N) is 2. The van der Waals surface area contributed by atoms with E-state index in [2.05, 4.69) is 34.3 Å². The Kier molecular flexibility index (Phi) is 4.01. The minimum Gasteiger partial charge on any atom is -0.497 e. The predicted octanol–water partition coefficient (Wildman–Crippen LogP) is 4.20. The fraction of sp³-hybridized carbons (Fsp3) is 0.111. The van der Waals surface area contributed by atoms with Crippen LogP contribution in [0.3, 0.4) is 0 Å². The SMILES string of the molecule is COc1ccc(Nc2cc(-c3cccc(C)c3)ncn2)cc1. The van der Waals surface area contributed by atoms with Crippen LogP contribution in [0.15, 0.2) is 60.9 Å². The number of aromatic nitrogens is 2. The molecule has 0 saturated carbocycles. The Bertz CT molecular complexity index is 769. The lowest BCUT2D eigenvalue weighted by atomic mass is 10.1. The summed E-state index contributed by atoms with van der Waals surface area (Å²) in [5, 5.41) is 3.27. The van der Waals surface area contributed by atoms with Gasteiger partial charge in [0, 0.05) is 17.3 Å². The lowest BCUT2D eigenvalue weighted by Gasteiger charge is -2.08. The van der Waals surface area contributed by atoms with Crippen molar-refractivity contribution in [2.24, 2.45) is 0 Å². The highest BCUT2D eigenvalue weighted by molar-refractivity contribution is 5.65. The van der Waals surface area contributed by atoms with Gasteiger partial charge in [-0.25, -0.2) is 9.97 Å². The number of anilines is 2. The van der Waals surface area contributed by atoms with E-state index in [0.717, 1.165) is 28.5 Å². The Labute approximate surface area is 129 Å². The molecule has 1 heterocycles. The van der Waals surface area contributed by atoms with Crippen LogP contribution in [-0.4, -0.2) is 17.1 Å². The zero-order valence-electron chi connectivity index (χ0n) is 12.6. The van der Waals surface area contributed by atoms with Gasteiger partial charge in [0.15, 0.2) is 0 Å². The van der Waals surface area contributed by atoms with Gasteiger partial charge < -0.3 is 10.1 Å². The van der Waals surface area contributed by atoms with E-state index in [1.54, 1.807) is 13.4 Å². The second-order valence-corrected chi connectivity index (χ2v) is 5.01. The summed E-state index contributed by atoms with van der Waals surface area (Å²) >= 11 is 0. The molecule has 1 aromatic heterocycles. The maximum Gasteiger partial charge on any atom is 0.134 e. The fourth-order valence-electron chi connectivity index (χ4n) is 2.21. The van der Waals surface area contributed by atoms with Crippen molar-refractivity contribution >= 4 is 11.5 Å². The largest absolute Gasteiger partial charge is 0.497 e. The standard InChI is InChI=1S/C18H17N3O/c1-13-4-3-5-14(10-13)17-11-18(20-12-19-17)21-15-6-8-16(22-2)9-7-15/h3-12H,1-2H3,(H,19,20,21). The van der Waals surface area contributed by atoms with E-state index in [9.17, 15) is 0 Å². The first-order chi connectivity index (χ1) is 10.7. The first-order valence-electron chi connectivity index (χ1n) is 7.05. The second kappa shape index (κ2) is 6.26. The van der Waals surface area contributed by atoms with Gasteiger partial charge in [0.05, 0.1) is 12.8 Å². The Balaban J connectivity index is 1.84. The Morgan fingerprint density at radius 2 is 1.77 bits per heavy atom. The van der Waals surface area contributed by atoms with Crippen molar-refractivity contribution in [2.45, 2.75) is 6.92 Å². The topological polar surface area (TPSA) is 47.0 Å². The minimum atomic E-state index is 0.761. The van der Waals surface area contributed by atoms with Crippen LogP contribution in [0.2, 0.25) is 0 Å². The van der Waals surface area contributed by atoms with Crippen LogP contribution in [0.1, 0.15) is 5.56 Å². The third-order valence-corrected chi connectivity index (χ3v) is 3.34. The average molecular weight is 291 g/mol. The third-order valence-electron chi connectivity index (χ3n) is 3.34. The van der Waals surface area contributed by atoms with Gasteiger partial charge in [0.25, 0.3) is 0 Å². The van der Waals surface area contributed by atoms with Crippen LogP contribution in [0.5, 0.6) is 5.75 Å². The molecule has 3 aromatic rings. The molecule has 3 rings (SSSR count). The summed E-state index contributed by atoms with van der Waals surface area (Å²) in [4.78, 5) is 8.62. The summed E-state index contributed by atoms with van der Waals surface area (Å²) < 4.78 is 5.15. The molecule has 0 spiro atoms. The van der Waals surface area contributed by atoms with Crippen LogP contribution in [0.25, 0.3) is 11.3 Å². The monoisotopic (exact) mass is 291 g/mol. The molecule has 0 unspecified atom stereocenters. The number of hydrogen-bond acceptors (Lipinski definition) is 4. The van der Waals surface area contributed by atoms with Crippen LogP contribution in [0.4, 0.5) is 11.5 Å². The Morgan fingerprint density at radius 3 is 2.50 bits per heavy atom. The lowest BCUT2D eigenvalue weighted by molar-refractivity contribution is 0.415. The first kappa shape index (κ1) is 14.1. The number of benzene rings is 2. The van der Waals surface area contributed by atoms with Gasteiger partial charge in [-0.05, 0) is 37.3 Å². The van der Waals surface area contributed by atoms with Crippen molar-refractivity contribution in [1.29, 1.82) is 0 Å². The molecule has 0 bridgehead atoms. The molecule has 0 aliphatic rings. The Hall–Kier alpha value is -2.88. The minimum absolute atomic E-state index is 0.761. The smallest absolute Gasteiger partial charge is 0.134 e. The summed E-state index contributed by atoms with van der Waals surface area (Å²) in [5.74, 6) is 1.59. The molecule has 4 nitrogen and oxygen atoms in total. The number of hydrogen-bond donors (Lipinski definition) is 1. The van der Waals surface area contributed by atoms with Crippen LogP contribution in [-0.2, 0) is 0 Å². The zero-order chi connectivity index (χ0) is 15.4. The molecule has 110 valence electrons. The summed E-state index contributed by atoms with van der Waals surface area (Å²) in [5.41, 5.74) is 4.14. The van der Waals surface area contributed by atoms with E-state index in [4.69, 9.17) is 4.74 Å². The maximum atomic E-state index is 5.15. The van der Waals surface area contributed by atoms with Crippen LogP contribution in [0, 0.1) is 6.92 Å². The Morgan fingerprint density at radius 1 is 0.955 bits per heavy atom. The molecule has 22 heavy (non-hydrogen) atoms. The quantitative estimate of drug-likeness (QED) is 0.782. The molecule has 0 saturated heterocycles. The van der Waals surface area contributed by atoms with E-state index in [-0.39, 0.29) is 0 Å². The normalized spacial score (nSPS) is 10.3. The molecular weight excluding hydrogens is 274 g/mol. The van der Waals surface area contributed by atoms with E-state index < -0.39 is 0 Å². The summed E-state index contributed by atoms with van der Waals surface area (Å²) in [7, 11) is 1.65. The van der Waals surface area contributed by atoms with Gasteiger partial charge in [-0.15, -0.1) is 0 Å². The van der Waals surface area contributed by atoms with Gasteiger partial charge in [-0.3, -0.25) is 0 Å². The molecule has 1 N–H and O–H groups in total. The highest BCUT2D eigenvalue weighted by atomic mass is 16.5. The third kappa shape index (κ3) is 3.23. The van der Waals surface area contributed by atoms with Crippen LogP contribution < -0.4 is 10.1 Å². The van der Waals surface area contributed by atoms with E-state index in [0.29, 0.717) is 0 Å². The number of aryl methyl sites for hydroxylation is 1. The summed E-state index contributed by atoms with van der Waals surface area (Å²) in [6.07, 6.45) is 1.57. The molecule has 0 amide bonds. The van der Waals surface area contributed by atoms with Gasteiger partial charge in [-0.2, -0.15) is 0 Å². The molecule has 0 atom stereocenters. The fourth-order valence-corrected chi connectivity index (χ4v) is 2.21. The summed E-state index contributed by atoms with van der Waals surface area (Å²) in [6, 6.07) is 17.9. The lowest BCUT2D eigenvalue weighted by Crippen LogP contribution is -1.95. The first-order valence-corrected chi connectivity index (χ1v) is 7.05. The summed E-state index contributed by atoms with van der Waals surface area (Å²) in [6.45, 7) is 2.07. The molecule has 2 aromatic carbocycles. The van der Waals surface area contributed by atoms with E-state index in [1.807, 2.05) is 42.5 Å². The highest BCUT2D eigenvalue weighted by Crippen LogP contribution is 2.22. The predicted molar refractivity (Wildman–Crippen MR) is 88.5 cm³/mol. The zero-order valence-corrected chi connectivity index (χ0v) is 12.6. The van der Waals surface area contributed by atoms with Gasteiger partial charge in [0.2, 0.25) is 0 Å². The molecule has 0 fully saturated rings. The molecular formula is C18H17N3O. The van der Waals surface area contributed by atoms with Crippen molar-refractivity contribution < 1.29 is 4.74 Å². The van der Waals surface area contributed by atoms with Crippen molar-refractivity contribution in [3.8, 4) is 17.0 Å². The van der Waals surface area contributed by atoms with Crippen molar-refractivity contribution in [2.75, 3.05) is 12.4 Å².